The molecule has 33 heavy (non-hydrogen) atoms. The lowest BCUT2D eigenvalue weighted by Crippen LogP contribution is -2.50. The lowest BCUT2D eigenvalue weighted by Gasteiger charge is -2.34. The van der Waals surface area contributed by atoms with Gasteiger partial charge in [0.15, 0.2) is 0 Å². The van der Waals surface area contributed by atoms with Crippen molar-refractivity contribution < 1.29 is 14.3 Å². The van der Waals surface area contributed by atoms with Crippen LogP contribution in [0.4, 0.5) is 5.82 Å². The van der Waals surface area contributed by atoms with Crippen molar-refractivity contribution in [2.24, 2.45) is 11.8 Å². The molecule has 8 nitrogen and oxygen atoms in total. The van der Waals surface area contributed by atoms with Crippen LogP contribution in [0.3, 0.4) is 0 Å². The van der Waals surface area contributed by atoms with Crippen molar-refractivity contribution in [3.05, 3.63) is 41.6 Å². The average molecular weight is 454 g/mol. The molecule has 1 aromatic carbocycles. The summed E-state index contributed by atoms with van der Waals surface area (Å²) >= 11 is 0. The van der Waals surface area contributed by atoms with Gasteiger partial charge < -0.3 is 20.7 Å². The molecule has 5 atom stereocenters. The zero-order valence-corrected chi connectivity index (χ0v) is 20.1. The summed E-state index contributed by atoms with van der Waals surface area (Å²) in [5.74, 6) is 1.24. The molecule has 0 saturated carbocycles. The Hall–Kier alpha value is -3.03. The Bertz CT molecular complexity index is 1020. The quantitative estimate of drug-likeness (QED) is 0.623. The van der Waals surface area contributed by atoms with E-state index in [1.54, 1.807) is 13.3 Å². The van der Waals surface area contributed by atoms with E-state index >= 15 is 0 Å². The second kappa shape index (κ2) is 9.45. The van der Waals surface area contributed by atoms with Crippen LogP contribution >= 0.6 is 0 Å². The van der Waals surface area contributed by atoms with Crippen molar-refractivity contribution in [2.45, 2.75) is 64.6 Å². The third kappa shape index (κ3) is 4.56. The molecule has 8 heteroatoms. The number of methoxy groups -OCH3 is 1. The Balaban J connectivity index is 1.58. The van der Waals surface area contributed by atoms with Gasteiger partial charge in [-0.25, -0.2) is 4.68 Å². The van der Waals surface area contributed by atoms with Crippen LogP contribution in [0.15, 0.2) is 30.5 Å². The highest BCUT2D eigenvalue weighted by molar-refractivity contribution is 5.87. The Kier molecular flexibility index (Phi) is 6.63. The predicted molar refractivity (Wildman–Crippen MR) is 127 cm³/mol. The van der Waals surface area contributed by atoms with Gasteiger partial charge in [0.2, 0.25) is 11.8 Å². The predicted octanol–water partition coefficient (Wildman–Crippen LogP) is 3.39. The van der Waals surface area contributed by atoms with Gasteiger partial charge in [-0.2, -0.15) is 5.10 Å². The fourth-order valence-electron chi connectivity index (χ4n) is 5.18. The number of nitrogens with one attached hydrogen (secondary N) is 3. The minimum Gasteiger partial charge on any atom is -0.496 e. The number of rotatable bonds is 6. The van der Waals surface area contributed by atoms with E-state index < -0.39 is 0 Å². The maximum atomic E-state index is 13.5. The Morgan fingerprint density at radius 3 is 2.67 bits per heavy atom. The van der Waals surface area contributed by atoms with Gasteiger partial charge in [-0.3, -0.25) is 9.59 Å². The number of carbonyl (C=O) groups is 2. The number of aromatic nitrogens is 2. The van der Waals surface area contributed by atoms with Gasteiger partial charge >= 0.3 is 0 Å². The molecule has 0 bridgehead atoms. The molecule has 3 heterocycles. The standard InChI is InChI=1S/C25H35N5O3/c1-14(2)30-23-20(13-27-30)18(11-21(29-23)17-8-6-7-9-22(17)33-5)24(31)26-12-19-15(3)10-16(4)28-25(19)32/h6-9,13-16,18-19,21,29H,10-12H2,1-5H3,(H,26,31)(H,28,32). The van der Waals surface area contributed by atoms with Crippen molar-refractivity contribution in [1.29, 1.82) is 0 Å². The summed E-state index contributed by atoms with van der Waals surface area (Å²) in [6.45, 7) is 8.58. The second-order valence-corrected chi connectivity index (χ2v) is 9.69. The van der Waals surface area contributed by atoms with Crippen molar-refractivity contribution in [3.8, 4) is 5.75 Å². The van der Waals surface area contributed by atoms with Crippen LogP contribution in [0, 0.1) is 11.8 Å². The molecule has 0 aliphatic carbocycles. The van der Waals surface area contributed by atoms with Gasteiger partial charge in [-0.15, -0.1) is 0 Å². The Morgan fingerprint density at radius 1 is 1.21 bits per heavy atom. The van der Waals surface area contributed by atoms with Gasteiger partial charge in [0.1, 0.15) is 11.6 Å². The summed E-state index contributed by atoms with van der Waals surface area (Å²) in [5, 5.41) is 14.3. The van der Waals surface area contributed by atoms with Crippen molar-refractivity contribution >= 4 is 17.6 Å². The fraction of sp³-hybridized carbons (Fsp3) is 0.560. The lowest BCUT2D eigenvalue weighted by molar-refractivity contribution is -0.130. The van der Waals surface area contributed by atoms with Gasteiger partial charge in [0, 0.05) is 29.8 Å². The van der Waals surface area contributed by atoms with Gasteiger partial charge in [0.05, 0.1) is 31.2 Å². The van der Waals surface area contributed by atoms with Crippen LogP contribution in [-0.2, 0) is 9.59 Å². The smallest absolute Gasteiger partial charge is 0.227 e. The molecular weight excluding hydrogens is 418 g/mol. The minimum absolute atomic E-state index is 0.0204. The Labute approximate surface area is 195 Å². The molecule has 0 radical (unpaired) electrons. The van der Waals surface area contributed by atoms with E-state index in [0.717, 1.165) is 29.1 Å². The third-order valence-electron chi connectivity index (χ3n) is 6.94. The summed E-state index contributed by atoms with van der Waals surface area (Å²) in [6.07, 6.45) is 3.29. The highest BCUT2D eigenvalue weighted by atomic mass is 16.5. The molecule has 1 saturated heterocycles. The maximum absolute atomic E-state index is 13.5. The van der Waals surface area contributed by atoms with Crippen molar-refractivity contribution in [1.82, 2.24) is 20.4 Å². The number of fused-ring (bicyclic) bond motifs is 1. The van der Waals surface area contributed by atoms with E-state index in [4.69, 9.17) is 4.74 Å². The van der Waals surface area contributed by atoms with Gasteiger partial charge in [-0.05, 0) is 45.6 Å². The molecule has 2 amide bonds. The summed E-state index contributed by atoms with van der Waals surface area (Å²) in [7, 11) is 1.66. The molecule has 2 aliphatic rings. The van der Waals surface area contributed by atoms with Crippen LogP contribution in [0.1, 0.15) is 69.7 Å². The number of carbonyl (C=O) groups excluding carboxylic acids is 2. The normalized spacial score (nSPS) is 26.8. The number of nitrogens with zero attached hydrogens (tertiary/aromatic N) is 2. The third-order valence-corrected chi connectivity index (χ3v) is 6.94. The van der Waals surface area contributed by atoms with Crippen LogP contribution in [0.25, 0.3) is 0 Å². The number of piperidine rings is 1. The zero-order chi connectivity index (χ0) is 23.7. The van der Waals surface area contributed by atoms with E-state index in [1.165, 1.54) is 0 Å². The monoisotopic (exact) mass is 453 g/mol. The van der Waals surface area contributed by atoms with Crippen LogP contribution < -0.4 is 20.7 Å². The molecule has 0 spiro atoms. The number of benzene rings is 1. The first-order valence-corrected chi connectivity index (χ1v) is 11.8. The topological polar surface area (TPSA) is 97.3 Å². The number of hydrogen-bond acceptors (Lipinski definition) is 5. The molecule has 3 N–H and O–H groups in total. The fourth-order valence-corrected chi connectivity index (χ4v) is 5.18. The number of amides is 2. The van der Waals surface area contributed by atoms with Gasteiger partial charge in [-0.1, -0.05) is 25.1 Å². The number of anilines is 1. The number of hydrogen-bond donors (Lipinski definition) is 3. The summed E-state index contributed by atoms with van der Waals surface area (Å²) in [5.41, 5.74) is 1.90. The number of ether oxygens (including phenoxy) is 1. The summed E-state index contributed by atoms with van der Waals surface area (Å²) in [4.78, 5) is 25.9. The maximum Gasteiger partial charge on any atom is 0.227 e. The number of para-hydroxylation sites is 1. The van der Waals surface area contributed by atoms with Crippen LogP contribution in [0.2, 0.25) is 0 Å². The van der Waals surface area contributed by atoms with E-state index in [-0.39, 0.29) is 47.7 Å². The van der Waals surface area contributed by atoms with Gasteiger partial charge in [0.25, 0.3) is 0 Å². The van der Waals surface area contributed by atoms with E-state index in [0.29, 0.717) is 13.0 Å². The van der Waals surface area contributed by atoms with Crippen molar-refractivity contribution in [3.63, 3.8) is 0 Å². The first-order valence-electron chi connectivity index (χ1n) is 11.8. The summed E-state index contributed by atoms with van der Waals surface area (Å²) < 4.78 is 7.52. The first-order chi connectivity index (χ1) is 15.8. The minimum atomic E-state index is -0.371. The van der Waals surface area contributed by atoms with Crippen LogP contribution in [-0.4, -0.2) is 41.3 Å². The SMILES string of the molecule is COc1ccccc1C1CC(C(=O)NCC2C(=O)NC(C)CC2C)c2cnn(C(C)C)c2N1. The summed E-state index contributed by atoms with van der Waals surface area (Å²) in [6, 6.07) is 8.11. The Morgan fingerprint density at radius 2 is 1.97 bits per heavy atom. The van der Waals surface area contributed by atoms with Crippen molar-refractivity contribution in [2.75, 3.05) is 19.0 Å². The molecule has 1 fully saturated rings. The van der Waals surface area contributed by atoms with E-state index in [2.05, 4.69) is 41.8 Å². The molecular formula is C25H35N5O3. The molecule has 2 aliphatic heterocycles. The van der Waals surface area contributed by atoms with E-state index in [1.807, 2.05) is 35.9 Å². The van der Waals surface area contributed by atoms with E-state index in [9.17, 15) is 9.59 Å². The molecule has 1 aromatic heterocycles. The first kappa shape index (κ1) is 23.1. The second-order valence-electron chi connectivity index (χ2n) is 9.69. The highest BCUT2D eigenvalue weighted by Gasteiger charge is 2.38. The highest BCUT2D eigenvalue weighted by Crippen LogP contribution is 2.43. The molecule has 4 rings (SSSR count). The largest absolute Gasteiger partial charge is 0.496 e. The molecule has 178 valence electrons. The average Bonchev–Trinajstić information content (AvgIpc) is 3.21. The zero-order valence-electron chi connectivity index (χ0n) is 20.1. The molecule has 2 aromatic rings. The van der Waals surface area contributed by atoms with Crippen LogP contribution in [0.5, 0.6) is 5.75 Å². The molecule has 5 unspecified atom stereocenters. The lowest BCUT2D eigenvalue weighted by atomic mass is 9.83.